The molecule has 8 heteroatoms. The first-order valence-corrected chi connectivity index (χ1v) is 8.95. The highest BCUT2D eigenvalue weighted by Gasteiger charge is 2.40. The Morgan fingerprint density at radius 3 is 2.92 bits per heavy atom. The van der Waals surface area contributed by atoms with Crippen molar-refractivity contribution in [1.29, 1.82) is 0 Å². The molecule has 1 aliphatic heterocycles. The van der Waals surface area contributed by atoms with Gasteiger partial charge in [-0.25, -0.2) is 4.68 Å². The number of hydrogen-bond acceptors (Lipinski definition) is 5. The molecule has 2 fully saturated rings. The molecule has 0 unspecified atom stereocenters. The van der Waals surface area contributed by atoms with E-state index in [1.54, 1.807) is 22.0 Å². The molecule has 1 saturated carbocycles. The molecule has 1 aliphatic carbocycles. The van der Waals surface area contributed by atoms with E-state index in [1.165, 1.54) is 0 Å². The molecular weight excluding hydrogens is 320 g/mol. The van der Waals surface area contributed by atoms with E-state index >= 15 is 0 Å². The second-order valence-electron chi connectivity index (χ2n) is 7.51. The molecule has 1 saturated heterocycles. The summed E-state index contributed by atoms with van der Waals surface area (Å²) in [6.07, 6.45) is 6.90. The van der Waals surface area contributed by atoms with Gasteiger partial charge in [-0.3, -0.25) is 9.89 Å². The van der Waals surface area contributed by atoms with Crippen LogP contribution >= 0.6 is 0 Å². The largest absolute Gasteiger partial charge is 0.382 e. The molecule has 3 heterocycles. The molecule has 2 aromatic heterocycles. The van der Waals surface area contributed by atoms with Gasteiger partial charge in [-0.2, -0.15) is 5.10 Å². The van der Waals surface area contributed by atoms with Crippen LogP contribution in [0.15, 0.2) is 12.4 Å². The number of aromatic nitrogens is 5. The number of carbonyl (C=O) groups is 1. The van der Waals surface area contributed by atoms with Crippen LogP contribution in [-0.2, 0) is 5.60 Å². The molecule has 2 N–H and O–H groups in total. The summed E-state index contributed by atoms with van der Waals surface area (Å²) in [6, 6.07) is 0.179. The minimum Gasteiger partial charge on any atom is -0.382 e. The second kappa shape index (κ2) is 5.94. The van der Waals surface area contributed by atoms with E-state index in [4.69, 9.17) is 0 Å². The van der Waals surface area contributed by atoms with Crippen LogP contribution in [-0.4, -0.2) is 54.2 Å². The molecule has 2 aromatic rings. The summed E-state index contributed by atoms with van der Waals surface area (Å²) in [5.74, 6) is 0.362. The van der Waals surface area contributed by atoms with Crippen molar-refractivity contribution in [2.75, 3.05) is 13.1 Å². The zero-order chi connectivity index (χ0) is 17.6. The second-order valence-corrected chi connectivity index (χ2v) is 7.51. The lowest BCUT2D eigenvalue weighted by atomic mass is 9.89. The quantitative estimate of drug-likeness (QED) is 0.877. The number of aliphatic hydroxyl groups is 1. The average Bonchev–Trinajstić information content (AvgIpc) is 3.12. The molecular formula is C17H24N6O2. The number of amides is 1. The van der Waals surface area contributed by atoms with Crippen LogP contribution in [0.2, 0.25) is 0 Å². The maximum atomic E-state index is 13.0. The summed E-state index contributed by atoms with van der Waals surface area (Å²) in [5.41, 5.74) is 0.959. The lowest BCUT2D eigenvalue weighted by Crippen LogP contribution is -2.48. The summed E-state index contributed by atoms with van der Waals surface area (Å²) in [7, 11) is 0. The Hall–Kier alpha value is -2.22. The van der Waals surface area contributed by atoms with Gasteiger partial charge in [-0.05, 0) is 39.5 Å². The molecule has 0 radical (unpaired) electrons. The number of likely N-dealkylation sites (tertiary alicyclic amines) is 1. The van der Waals surface area contributed by atoms with Crippen molar-refractivity contribution in [3.63, 3.8) is 0 Å². The Morgan fingerprint density at radius 2 is 2.24 bits per heavy atom. The maximum Gasteiger partial charge on any atom is 0.257 e. The Kier molecular flexibility index (Phi) is 3.87. The van der Waals surface area contributed by atoms with Crippen molar-refractivity contribution in [2.45, 2.75) is 57.1 Å². The lowest BCUT2D eigenvalue weighted by Gasteiger charge is -2.38. The van der Waals surface area contributed by atoms with E-state index < -0.39 is 5.60 Å². The standard InChI is InChI=1S/C17H24N6O2/c1-11(2)23-9-14(19-21-23)17(25)6-3-7-22(10-17)16(24)13-8-18-20-15(13)12-4-5-12/h8-9,11-12,25H,3-7,10H2,1-2H3,(H,18,20)/t17-/m1/s1. The van der Waals surface area contributed by atoms with Gasteiger partial charge in [0.15, 0.2) is 0 Å². The van der Waals surface area contributed by atoms with Gasteiger partial charge in [0, 0.05) is 18.5 Å². The number of nitrogens with one attached hydrogen (secondary N) is 1. The Balaban J connectivity index is 1.55. The minimum atomic E-state index is -1.15. The number of nitrogens with zero attached hydrogens (tertiary/aromatic N) is 5. The van der Waals surface area contributed by atoms with Crippen molar-refractivity contribution in [2.24, 2.45) is 0 Å². The highest BCUT2D eigenvalue weighted by molar-refractivity contribution is 5.95. The summed E-state index contributed by atoms with van der Waals surface area (Å²) in [4.78, 5) is 14.7. The lowest BCUT2D eigenvalue weighted by molar-refractivity contribution is -0.0321. The van der Waals surface area contributed by atoms with Crippen molar-refractivity contribution in [3.8, 4) is 0 Å². The Bertz CT molecular complexity index is 778. The summed E-state index contributed by atoms with van der Waals surface area (Å²) < 4.78 is 1.73. The number of rotatable bonds is 4. The van der Waals surface area contributed by atoms with E-state index in [0.717, 1.165) is 25.0 Å². The molecule has 0 aromatic carbocycles. The predicted molar refractivity (Wildman–Crippen MR) is 90.0 cm³/mol. The maximum absolute atomic E-state index is 13.0. The van der Waals surface area contributed by atoms with Crippen molar-refractivity contribution < 1.29 is 9.90 Å². The van der Waals surface area contributed by atoms with Crippen molar-refractivity contribution in [3.05, 3.63) is 29.3 Å². The number of piperidine rings is 1. The third-order valence-electron chi connectivity index (χ3n) is 5.16. The van der Waals surface area contributed by atoms with Crippen LogP contribution in [0.3, 0.4) is 0 Å². The molecule has 134 valence electrons. The van der Waals surface area contributed by atoms with Gasteiger partial charge in [0.05, 0.1) is 30.2 Å². The summed E-state index contributed by atoms with van der Waals surface area (Å²) in [5, 5.41) is 26.4. The average molecular weight is 344 g/mol. The van der Waals surface area contributed by atoms with Gasteiger partial charge < -0.3 is 10.0 Å². The number of H-pyrrole nitrogens is 1. The van der Waals surface area contributed by atoms with Gasteiger partial charge in [-0.1, -0.05) is 5.21 Å². The van der Waals surface area contributed by atoms with Crippen LogP contribution in [0.4, 0.5) is 0 Å². The first-order valence-electron chi connectivity index (χ1n) is 8.95. The van der Waals surface area contributed by atoms with E-state index in [9.17, 15) is 9.90 Å². The fourth-order valence-corrected chi connectivity index (χ4v) is 3.48. The van der Waals surface area contributed by atoms with Crippen molar-refractivity contribution in [1.82, 2.24) is 30.1 Å². The molecule has 1 atom stereocenters. The number of β-amino-alcohol motifs (C(OH)–C–C–N with tert-alkyl or cyclic N) is 1. The smallest absolute Gasteiger partial charge is 0.257 e. The highest BCUT2D eigenvalue weighted by atomic mass is 16.3. The van der Waals surface area contributed by atoms with Gasteiger partial charge in [-0.15, -0.1) is 5.10 Å². The van der Waals surface area contributed by atoms with E-state index in [1.807, 2.05) is 13.8 Å². The van der Waals surface area contributed by atoms with Gasteiger partial charge in [0.1, 0.15) is 11.3 Å². The van der Waals surface area contributed by atoms with Crippen molar-refractivity contribution >= 4 is 5.91 Å². The van der Waals surface area contributed by atoms with Gasteiger partial charge >= 0.3 is 0 Å². The Morgan fingerprint density at radius 1 is 1.44 bits per heavy atom. The first-order chi connectivity index (χ1) is 12.0. The normalized spacial score (nSPS) is 24.1. The highest BCUT2D eigenvalue weighted by Crippen LogP contribution is 2.41. The first kappa shape index (κ1) is 16.3. The summed E-state index contributed by atoms with van der Waals surface area (Å²) in [6.45, 7) is 4.89. The predicted octanol–water partition coefficient (Wildman–Crippen LogP) is 1.58. The number of carbonyl (C=O) groups excluding carboxylic acids is 1. The monoisotopic (exact) mass is 344 g/mol. The molecule has 1 amide bonds. The molecule has 0 spiro atoms. The van der Waals surface area contributed by atoms with E-state index in [-0.39, 0.29) is 18.5 Å². The Labute approximate surface area is 146 Å². The van der Waals surface area contributed by atoms with Gasteiger partial charge in [0.25, 0.3) is 5.91 Å². The SMILES string of the molecule is CC(C)n1cc([C@@]2(O)CCCN(C(=O)c3cn[nH]c3C3CC3)C2)nn1. The van der Waals surface area contributed by atoms with Crippen LogP contribution in [0, 0.1) is 0 Å². The summed E-state index contributed by atoms with van der Waals surface area (Å²) >= 11 is 0. The third kappa shape index (κ3) is 2.95. The van der Waals surface area contributed by atoms with Gasteiger partial charge in [0.2, 0.25) is 0 Å². The molecule has 25 heavy (non-hydrogen) atoms. The zero-order valence-corrected chi connectivity index (χ0v) is 14.6. The topological polar surface area (TPSA) is 99.9 Å². The molecule has 8 nitrogen and oxygen atoms in total. The third-order valence-corrected chi connectivity index (χ3v) is 5.16. The van der Waals surface area contributed by atoms with Crippen LogP contribution in [0.1, 0.15) is 73.2 Å². The fraction of sp³-hybridized carbons (Fsp3) is 0.647. The number of hydrogen-bond donors (Lipinski definition) is 2. The fourth-order valence-electron chi connectivity index (χ4n) is 3.48. The van der Waals surface area contributed by atoms with Crippen LogP contribution in [0.5, 0.6) is 0 Å². The van der Waals surface area contributed by atoms with E-state index in [2.05, 4.69) is 20.5 Å². The zero-order valence-electron chi connectivity index (χ0n) is 14.6. The minimum absolute atomic E-state index is 0.0648. The molecule has 4 rings (SSSR count). The van der Waals surface area contributed by atoms with Crippen LogP contribution < -0.4 is 0 Å². The molecule has 2 aliphatic rings. The van der Waals surface area contributed by atoms with Crippen LogP contribution in [0.25, 0.3) is 0 Å². The molecule has 0 bridgehead atoms. The number of aromatic amines is 1. The van der Waals surface area contributed by atoms with E-state index in [0.29, 0.717) is 30.1 Å².